The van der Waals surface area contributed by atoms with Crippen molar-refractivity contribution in [3.63, 3.8) is 0 Å². The second-order valence-corrected chi connectivity index (χ2v) is 5.48. The van der Waals surface area contributed by atoms with E-state index in [0.29, 0.717) is 6.42 Å². The summed E-state index contributed by atoms with van der Waals surface area (Å²) < 4.78 is 7.62. The Hall–Kier alpha value is -1.39. The van der Waals surface area contributed by atoms with Crippen molar-refractivity contribution in [2.75, 3.05) is 7.11 Å². The molecule has 0 aliphatic rings. The van der Waals surface area contributed by atoms with Crippen molar-refractivity contribution in [3.8, 4) is 0 Å². The molecule has 4 heteroatoms. The van der Waals surface area contributed by atoms with Crippen LogP contribution in [0.1, 0.15) is 39.3 Å². The van der Waals surface area contributed by atoms with Gasteiger partial charge in [0.25, 0.3) is 0 Å². The lowest BCUT2D eigenvalue weighted by Gasteiger charge is -2.35. The average Bonchev–Trinajstić information content (AvgIpc) is 2.88. The maximum absolute atomic E-state index is 10.7. The minimum Gasteiger partial charge on any atom is -0.390 e. The first kappa shape index (κ1) is 16.0. The van der Waals surface area contributed by atoms with E-state index in [1.165, 1.54) is 0 Å². The number of hydrogen-bond acceptors (Lipinski definition) is 3. The summed E-state index contributed by atoms with van der Waals surface area (Å²) in [7, 11) is 1.68. The van der Waals surface area contributed by atoms with Gasteiger partial charge in [-0.1, -0.05) is 32.0 Å². The normalized spacial score (nSPS) is 13.8. The number of ether oxygens (including phenoxy) is 1. The van der Waals surface area contributed by atoms with Crippen molar-refractivity contribution in [1.29, 1.82) is 0 Å². The number of aryl methyl sites for hydroxylation is 1. The van der Waals surface area contributed by atoms with E-state index in [9.17, 15) is 5.11 Å². The first-order chi connectivity index (χ1) is 10.1. The van der Waals surface area contributed by atoms with E-state index in [1.54, 1.807) is 7.11 Å². The highest BCUT2D eigenvalue weighted by Gasteiger charge is 2.35. The van der Waals surface area contributed by atoms with Crippen LogP contribution in [0.5, 0.6) is 0 Å². The average molecular weight is 290 g/mol. The summed E-state index contributed by atoms with van der Waals surface area (Å²) in [6.45, 7) is 7.02. The van der Waals surface area contributed by atoms with Crippen LogP contribution in [0.4, 0.5) is 0 Å². The van der Waals surface area contributed by atoms with E-state index < -0.39 is 11.7 Å². The molecule has 2 aromatic rings. The molecule has 116 valence electrons. The lowest BCUT2D eigenvalue weighted by Crippen LogP contribution is -2.44. The highest BCUT2D eigenvalue weighted by atomic mass is 16.5. The Morgan fingerprint density at radius 1 is 1.24 bits per heavy atom. The molecule has 1 aromatic carbocycles. The fourth-order valence-electron chi connectivity index (χ4n) is 3.10. The molecule has 21 heavy (non-hydrogen) atoms. The van der Waals surface area contributed by atoms with Crippen LogP contribution in [-0.4, -0.2) is 33.7 Å². The SMILES string of the molecule is CCn1nc(CC(O)C(CC)(CC)OC)c2ccccc21. The van der Waals surface area contributed by atoms with Gasteiger partial charge in [-0.3, -0.25) is 4.68 Å². The number of fused-ring (bicyclic) bond motifs is 1. The van der Waals surface area contributed by atoms with Crippen molar-refractivity contribution in [2.24, 2.45) is 0 Å². The number of para-hydroxylation sites is 1. The molecular weight excluding hydrogens is 264 g/mol. The minimum atomic E-state index is -0.555. The van der Waals surface area contributed by atoms with Crippen molar-refractivity contribution in [2.45, 2.75) is 58.3 Å². The fourth-order valence-corrected chi connectivity index (χ4v) is 3.10. The highest BCUT2D eigenvalue weighted by Crippen LogP contribution is 2.28. The number of nitrogens with zero attached hydrogens (tertiary/aromatic N) is 2. The predicted molar refractivity (Wildman–Crippen MR) is 85.4 cm³/mol. The third-order valence-corrected chi connectivity index (χ3v) is 4.63. The molecule has 4 nitrogen and oxygen atoms in total. The molecule has 0 radical (unpaired) electrons. The number of rotatable bonds is 7. The molecule has 0 spiro atoms. The number of methoxy groups -OCH3 is 1. The van der Waals surface area contributed by atoms with Gasteiger partial charge in [-0.25, -0.2) is 0 Å². The van der Waals surface area contributed by atoms with Gasteiger partial charge in [-0.15, -0.1) is 0 Å². The summed E-state index contributed by atoms with van der Waals surface area (Å²) in [4.78, 5) is 0. The summed E-state index contributed by atoms with van der Waals surface area (Å²) in [6.07, 6.45) is 1.53. The Bertz CT molecular complexity index is 579. The Labute approximate surface area is 126 Å². The smallest absolute Gasteiger partial charge is 0.0935 e. The third-order valence-electron chi connectivity index (χ3n) is 4.63. The summed E-state index contributed by atoms with van der Waals surface area (Å²) in [5.41, 5.74) is 1.58. The second kappa shape index (κ2) is 6.58. The maximum Gasteiger partial charge on any atom is 0.0935 e. The molecular formula is C17H26N2O2. The molecule has 1 unspecified atom stereocenters. The van der Waals surface area contributed by atoms with Gasteiger partial charge < -0.3 is 9.84 Å². The van der Waals surface area contributed by atoms with Gasteiger partial charge in [0.1, 0.15) is 0 Å². The molecule has 1 N–H and O–H groups in total. The van der Waals surface area contributed by atoms with Crippen LogP contribution in [0.3, 0.4) is 0 Å². The Morgan fingerprint density at radius 2 is 1.90 bits per heavy atom. The number of hydrogen-bond donors (Lipinski definition) is 1. The second-order valence-electron chi connectivity index (χ2n) is 5.48. The van der Waals surface area contributed by atoms with Gasteiger partial charge in [-0.2, -0.15) is 5.10 Å². The van der Waals surface area contributed by atoms with Crippen molar-refractivity contribution >= 4 is 10.9 Å². The Kier molecular flexibility index (Phi) is 5.01. The standard InChI is InChI=1S/C17H26N2O2/c1-5-17(6-2,21-4)16(20)12-14-13-10-8-9-11-15(13)19(7-3)18-14/h8-11,16,20H,5-7,12H2,1-4H3. The quantitative estimate of drug-likeness (QED) is 0.852. The number of aliphatic hydroxyl groups excluding tert-OH is 1. The monoisotopic (exact) mass is 290 g/mol. The van der Waals surface area contributed by atoms with E-state index in [4.69, 9.17) is 4.74 Å². The van der Waals surface area contributed by atoms with Crippen LogP contribution in [0.2, 0.25) is 0 Å². The number of aromatic nitrogens is 2. The van der Waals surface area contributed by atoms with Crippen LogP contribution in [0.25, 0.3) is 10.9 Å². The molecule has 1 atom stereocenters. The molecule has 0 saturated carbocycles. The van der Waals surface area contributed by atoms with E-state index in [1.807, 2.05) is 16.8 Å². The lowest BCUT2D eigenvalue weighted by atomic mass is 9.87. The van der Waals surface area contributed by atoms with Crippen LogP contribution < -0.4 is 0 Å². The molecule has 0 aliphatic heterocycles. The minimum absolute atomic E-state index is 0.489. The fraction of sp³-hybridized carbons (Fsp3) is 0.588. The lowest BCUT2D eigenvalue weighted by molar-refractivity contribution is -0.107. The van der Waals surface area contributed by atoms with Crippen molar-refractivity contribution in [3.05, 3.63) is 30.0 Å². The first-order valence-corrected chi connectivity index (χ1v) is 7.79. The summed E-state index contributed by atoms with van der Waals surface area (Å²) in [5, 5.41) is 16.5. The predicted octanol–water partition coefficient (Wildman–Crippen LogP) is 3.16. The molecule has 1 aromatic heterocycles. The van der Waals surface area contributed by atoms with E-state index in [2.05, 4.69) is 38.0 Å². The molecule has 0 saturated heterocycles. The van der Waals surface area contributed by atoms with Gasteiger partial charge in [0.2, 0.25) is 0 Å². The van der Waals surface area contributed by atoms with Gasteiger partial charge in [0.05, 0.1) is 22.9 Å². The zero-order chi connectivity index (χ0) is 15.5. The highest BCUT2D eigenvalue weighted by molar-refractivity contribution is 5.82. The first-order valence-electron chi connectivity index (χ1n) is 7.79. The van der Waals surface area contributed by atoms with E-state index >= 15 is 0 Å². The van der Waals surface area contributed by atoms with Crippen LogP contribution >= 0.6 is 0 Å². The maximum atomic E-state index is 10.7. The molecule has 0 amide bonds. The van der Waals surface area contributed by atoms with Gasteiger partial charge >= 0.3 is 0 Å². The number of aliphatic hydroxyl groups is 1. The zero-order valence-corrected chi connectivity index (χ0v) is 13.5. The zero-order valence-electron chi connectivity index (χ0n) is 13.5. The van der Waals surface area contributed by atoms with E-state index in [-0.39, 0.29) is 0 Å². The molecule has 0 bridgehead atoms. The van der Waals surface area contributed by atoms with Crippen LogP contribution in [-0.2, 0) is 17.7 Å². The van der Waals surface area contributed by atoms with E-state index in [0.717, 1.165) is 36.0 Å². The molecule has 1 heterocycles. The molecule has 0 aliphatic carbocycles. The summed E-state index contributed by atoms with van der Waals surface area (Å²) in [6, 6.07) is 8.19. The summed E-state index contributed by atoms with van der Waals surface area (Å²) in [5.74, 6) is 0. The van der Waals surface area contributed by atoms with Crippen molar-refractivity contribution < 1.29 is 9.84 Å². The largest absolute Gasteiger partial charge is 0.390 e. The number of benzene rings is 1. The van der Waals surface area contributed by atoms with Gasteiger partial charge in [-0.05, 0) is 25.8 Å². The van der Waals surface area contributed by atoms with Crippen LogP contribution in [0.15, 0.2) is 24.3 Å². The topological polar surface area (TPSA) is 47.3 Å². The van der Waals surface area contributed by atoms with Gasteiger partial charge in [0.15, 0.2) is 0 Å². The van der Waals surface area contributed by atoms with Crippen molar-refractivity contribution in [1.82, 2.24) is 9.78 Å². The third kappa shape index (κ3) is 2.83. The Morgan fingerprint density at radius 3 is 2.48 bits per heavy atom. The van der Waals surface area contributed by atoms with Gasteiger partial charge in [0, 0.05) is 25.5 Å². The molecule has 2 rings (SSSR count). The summed E-state index contributed by atoms with van der Waals surface area (Å²) >= 11 is 0. The molecule has 0 fully saturated rings. The van der Waals surface area contributed by atoms with Crippen LogP contribution in [0, 0.1) is 0 Å². The Balaban J connectivity index is 2.35.